The lowest BCUT2D eigenvalue weighted by atomic mass is 9.94. The highest BCUT2D eigenvalue weighted by Crippen LogP contribution is 2.31. The summed E-state index contributed by atoms with van der Waals surface area (Å²) in [7, 11) is 0. The van der Waals surface area contributed by atoms with Crippen LogP contribution in [0.3, 0.4) is 0 Å². The first-order chi connectivity index (χ1) is 18.0. The molecule has 0 bridgehead atoms. The van der Waals surface area contributed by atoms with E-state index in [0.29, 0.717) is 25.5 Å². The minimum absolute atomic E-state index is 0.176. The molecule has 4 rings (SSSR count). The molecule has 0 fully saturated rings. The van der Waals surface area contributed by atoms with Gasteiger partial charge in [0.1, 0.15) is 0 Å². The number of aromatic amines is 1. The van der Waals surface area contributed by atoms with Crippen LogP contribution >= 0.6 is 0 Å². The Labute approximate surface area is 221 Å². The summed E-state index contributed by atoms with van der Waals surface area (Å²) in [5, 5.41) is 13.4. The van der Waals surface area contributed by atoms with E-state index in [1.165, 1.54) is 5.56 Å². The van der Waals surface area contributed by atoms with Crippen molar-refractivity contribution < 1.29 is 14.4 Å². The standard InChI is InChI=1S/C29H34N4O5/c1-18-15-25(20(3)31-26(18)37-14-13-29(4,5)36)24-8-6-7-22(19(24)2)16-30-23-11-9-21(10-12-23)17-33-27(34)32-28(35)38-33/h6-12,15,30,36H,13-14,16-17H2,1-5H3,(H,32,34,35). The minimum atomic E-state index is -0.779. The summed E-state index contributed by atoms with van der Waals surface area (Å²) in [6, 6.07) is 16.0. The molecule has 0 aliphatic heterocycles. The van der Waals surface area contributed by atoms with Gasteiger partial charge in [-0.3, -0.25) is 0 Å². The molecule has 0 saturated carbocycles. The summed E-state index contributed by atoms with van der Waals surface area (Å²) >= 11 is 0. The van der Waals surface area contributed by atoms with Crippen molar-refractivity contribution in [2.45, 2.75) is 59.7 Å². The van der Waals surface area contributed by atoms with Gasteiger partial charge >= 0.3 is 11.4 Å². The van der Waals surface area contributed by atoms with E-state index in [2.05, 4.69) is 35.4 Å². The summed E-state index contributed by atoms with van der Waals surface area (Å²) in [5.41, 5.74) is 6.77. The largest absolute Gasteiger partial charge is 0.477 e. The van der Waals surface area contributed by atoms with E-state index in [9.17, 15) is 14.7 Å². The van der Waals surface area contributed by atoms with Crippen molar-refractivity contribution in [2.24, 2.45) is 0 Å². The minimum Gasteiger partial charge on any atom is -0.477 e. The summed E-state index contributed by atoms with van der Waals surface area (Å²) in [6.07, 6.45) is 0.525. The van der Waals surface area contributed by atoms with Crippen LogP contribution in [0.25, 0.3) is 11.1 Å². The zero-order chi connectivity index (χ0) is 27.4. The van der Waals surface area contributed by atoms with Gasteiger partial charge in [-0.1, -0.05) is 30.3 Å². The van der Waals surface area contributed by atoms with Crippen molar-refractivity contribution in [3.05, 3.63) is 97.5 Å². The molecule has 0 amide bonds. The predicted octanol–water partition coefficient (Wildman–Crippen LogP) is 4.32. The molecule has 0 atom stereocenters. The summed E-state index contributed by atoms with van der Waals surface area (Å²) in [6.45, 7) is 10.8. The molecule has 2 aromatic carbocycles. The number of pyridine rings is 1. The van der Waals surface area contributed by atoms with Gasteiger partial charge in [0.2, 0.25) is 5.88 Å². The lowest BCUT2D eigenvalue weighted by Crippen LogP contribution is -2.22. The molecule has 0 unspecified atom stereocenters. The van der Waals surface area contributed by atoms with Crippen molar-refractivity contribution in [3.8, 4) is 17.0 Å². The molecule has 3 N–H and O–H groups in total. The number of H-pyrrole nitrogens is 1. The lowest BCUT2D eigenvalue weighted by Gasteiger charge is -2.19. The van der Waals surface area contributed by atoms with Gasteiger partial charge in [0.15, 0.2) is 0 Å². The SMILES string of the molecule is Cc1cc(-c2cccc(CNc3ccc(Cn4oc(=O)[nH]c4=O)cc3)c2C)c(C)nc1OCCC(C)(C)O. The molecule has 2 aromatic heterocycles. The quantitative estimate of drug-likeness (QED) is 0.286. The lowest BCUT2D eigenvalue weighted by molar-refractivity contribution is 0.0545. The molecular weight excluding hydrogens is 484 g/mol. The maximum Gasteiger partial charge on any atom is 0.440 e. The highest BCUT2D eigenvalue weighted by molar-refractivity contribution is 5.71. The van der Waals surface area contributed by atoms with Crippen LogP contribution in [0.15, 0.2) is 62.6 Å². The Balaban J connectivity index is 1.45. The van der Waals surface area contributed by atoms with E-state index in [1.807, 2.05) is 44.2 Å². The van der Waals surface area contributed by atoms with Gasteiger partial charge in [-0.25, -0.2) is 19.6 Å². The molecule has 0 spiro atoms. The number of aryl methyl sites for hydroxylation is 2. The molecule has 2 heterocycles. The first-order valence-corrected chi connectivity index (χ1v) is 12.6. The van der Waals surface area contributed by atoms with E-state index in [4.69, 9.17) is 14.2 Å². The number of nitrogens with one attached hydrogen (secondary N) is 2. The number of anilines is 1. The molecule has 38 heavy (non-hydrogen) atoms. The molecule has 4 aromatic rings. The van der Waals surface area contributed by atoms with Crippen molar-refractivity contribution >= 4 is 5.69 Å². The Hall–Kier alpha value is -4.11. The average Bonchev–Trinajstić information content (AvgIpc) is 3.17. The molecule has 200 valence electrons. The Morgan fingerprint density at radius 3 is 2.47 bits per heavy atom. The summed E-state index contributed by atoms with van der Waals surface area (Å²) in [4.78, 5) is 29.6. The van der Waals surface area contributed by atoms with Crippen molar-refractivity contribution in [1.82, 2.24) is 14.7 Å². The zero-order valence-corrected chi connectivity index (χ0v) is 22.4. The monoisotopic (exact) mass is 518 g/mol. The second kappa shape index (κ2) is 11.1. The van der Waals surface area contributed by atoms with E-state index < -0.39 is 17.0 Å². The van der Waals surface area contributed by atoms with Gasteiger partial charge < -0.3 is 19.7 Å². The number of hydrogen-bond acceptors (Lipinski definition) is 7. The number of rotatable bonds is 10. The molecule has 9 heteroatoms. The third kappa shape index (κ3) is 6.60. The van der Waals surface area contributed by atoms with Crippen molar-refractivity contribution in [3.63, 3.8) is 0 Å². The number of hydrogen-bond donors (Lipinski definition) is 3. The fraction of sp³-hybridized carbons (Fsp3) is 0.345. The van der Waals surface area contributed by atoms with Crippen LogP contribution in [-0.2, 0) is 13.1 Å². The number of aliphatic hydroxyl groups is 1. The van der Waals surface area contributed by atoms with E-state index in [1.54, 1.807) is 13.8 Å². The second-order valence-electron chi connectivity index (χ2n) is 10.1. The molecule has 0 saturated heterocycles. The summed E-state index contributed by atoms with van der Waals surface area (Å²) < 4.78 is 11.7. The smallest absolute Gasteiger partial charge is 0.440 e. The van der Waals surface area contributed by atoms with Gasteiger partial charge in [-0.2, -0.15) is 0 Å². The predicted molar refractivity (Wildman–Crippen MR) is 147 cm³/mol. The Morgan fingerprint density at radius 1 is 1.08 bits per heavy atom. The van der Waals surface area contributed by atoms with Gasteiger partial charge in [0.05, 0.1) is 18.8 Å². The Kier molecular flexibility index (Phi) is 7.87. The van der Waals surface area contributed by atoms with E-state index in [0.717, 1.165) is 43.9 Å². The van der Waals surface area contributed by atoms with Gasteiger partial charge in [0, 0.05) is 35.5 Å². The number of ether oxygens (including phenoxy) is 1. The van der Waals surface area contributed by atoms with Crippen LogP contribution in [-0.4, -0.2) is 32.0 Å². The molecule has 0 radical (unpaired) electrons. The van der Waals surface area contributed by atoms with E-state index >= 15 is 0 Å². The van der Waals surface area contributed by atoms with Crippen LogP contribution in [0.1, 0.15) is 48.2 Å². The highest BCUT2D eigenvalue weighted by Gasteiger charge is 2.16. The maximum absolute atomic E-state index is 11.6. The first-order valence-electron chi connectivity index (χ1n) is 12.6. The van der Waals surface area contributed by atoms with Crippen LogP contribution in [0.4, 0.5) is 5.69 Å². The van der Waals surface area contributed by atoms with Crippen LogP contribution in [0, 0.1) is 20.8 Å². The van der Waals surface area contributed by atoms with Gasteiger partial charge in [0.25, 0.3) is 0 Å². The fourth-order valence-corrected chi connectivity index (χ4v) is 4.18. The van der Waals surface area contributed by atoms with Crippen molar-refractivity contribution in [1.29, 1.82) is 0 Å². The normalized spacial score (nSPS) is 11.5. The molecule has 9 nitrogen and oxygen atoms in total. The maximum atomic E-state index is 11.6. The van der Waals surface area contributed by atoms with Crippen LogP contribution in [0.5, 0.6) is 5.88 Å². The Morgan fingerprint density at radius 2 is 1.82 bits per heavy atom. The Bertz CT molecular complexity index is 1520. The van der Waals surface area contributed by atoms with Crippen LogP contribution < -0.4 is 21.5 Å². The van der Waals surface area contributed by atoms with Crippen molar-refractivity contribution in [2.75, 3.05) is 11.9 Å². The number of aromatic nitrogens is 3. The van der Waals surface area contributed by atoms with Crippen LogP contribution in [0.2, 0.25) is 0 Å². The van der Waals surface area contributed by atoms with Gasteiger partial charge in [-0.05, 0) is 75.1 Å². The highest BCUT2D eigenvalue weighted by atomic mass is 16.5. The average molecular weight is 519 g/mol. The zero-order valence-electron chi connectivity index (χ0n) is 22.4. The third-order valence-electron chi connectivity index (χ3n) is 6.44. The van der Waals surface area contributed by atoms with E-state index in [-0.39, 0.29) is 6.54 Å². The second-order valence-corrected chi connectivity index (χ2v) is 10.1. The number of nitrogens with zero attached hydrogens (tertiary/aromatic N) is 2. The third-order valence-corrected chi connectivity index (χ3v) is 6.44. The molecule has 0 aliphatic carbocycles. The summed E-state index contributed by atoms with van der Waals surface area (Å²) in [5.74, 6) is -0.170. The molecular formula is C29H34N4O5. The topological polar surface area (TPSA) is 122 Å². The molecule has 0 aliphatic rings. The fourth-order valence-electron chi connectivity index (χ4n) is 4.18. The van der Waals surface area contributed by atoms with Gasteiger partial charge in [-0.15, -0.1) is 4.74 Å². The number of benzene rings is 2. The first kappa shape index (κ1) is 26.9.